The van der Waals surface area contributed by atoms with E-state index in [0.29, 0.717) is 11.3 Å². The van der Waals surface area contributed by atoms with Gasteiger partial charge in [-0.2, -0.15) is 0 Å². The Morgan fingerprint density at radius 3 is 2.62 bits per heavy atom. The molecule has 1 fully saturated rings. The third kappa shape index (κ3) is 3.95. The molecule has 0 aromatic heterocycles. The minimum absolute atomic E-state index is 0.0275. The molecule has 2 rings (SSSR count). The van der Waals surface area contributed by atoms with Gasteiger partial charge in [-0.15, -0.1) is 0 Å². The minimum Gasteiger partial charge on any atom is -0.375 e. The van der Waals surface area contributed by atoms with Gasteiger partial charge in [-0.25, -0.2) is 0 Å². The number of hydrogen-bond donors (Lipinski definition) is 2. The smallest absolute Gasteiger partial charge is 0.250 e. The van der Waals surface area contributed by atoms with Crippen LogP contribution >= 0.6 is 0 Å². The number of benzene rings is 1. The zero-order valence-electron chi connectivity index (χ0n) is 12.2. The maximum Gasteiger partial charge on any atom is 0.250 e. The highest BCUT2D eigenvalue weighted by Gasteiger charge is 2.17. The van der Waals surface area contributed by atoms with Crippen LogP contribution in [0.5, 0.6) is 0 Å². The third-order valence-electron chi connectivity index (χ3n) is 3.53. The van der Waals surface area contributed by atoms with E-state index in [4.69, 9.17) is 10.5 Å². The SMILES string of the molecule is COCC(=O)Nc1cc(C(N)=O)ccc1N1CCCCC1. The molecule has 0 atom stereocenters. The quantitative estimate of drug-likeness (QED) is 0.858. The van der Waals surface area contributed by atoms with Crippen molar-refractivity contribution in [2.75, 3.05) is 37.0 Å². The molecule has 0 aliphatic carbocycles. The predicted octanol–water partition coefficient (Wildman–Crippen LogP) is 1.36. The Hall–Kier alpha value is -2.08. The number of piperidine rings is 1. The largest absolute Gasteiger partial charge is 0.375 e. The molecular weight excluding hydrogens is 270 g/mol. The number of rotatable bonds is 5. The molecule has 0 spiro atoms. The number of amides is 2. The Morgan fingerprint density at radius 1 is 1.29 bits per heavy atom. The third-order valence-corrected chi connectivity index (χ3v) is 3.53. The molecule has 0 saturated carbocycles. The molecule has 21 heavy (non-hydrogen) atoms. The van der Waals surface area contributed by atoms with Gasteiger partial charge in [0.15, 0.2) is 0 Å². The Bertz CT molecular complexity index is 525. The number of nitrogens with one attached hydrogen (secondary N) is 1. The van der Waals surface area contributed by atoms with Crippen LogP contribution in [0.15, 0.2) is 18.2 Å². The van der Waals surface area contributed by atoms with Gasteiger partial charge in [-0.3, -0.25) is 9.59 Å². The standard InChI is InChI=1S/C15H21N3O3/c1-21-10-14(19)17-12-9-11(15(16)20)5-6-13(12)18-7-3-2-4-8-18/h5-6,9H,2-4,7-8,10H2,1H3,(H2,16,20)(H,17,19). The van der Waals surface area contributed by atoms with Crippen LogP contribution in [0.2, 0.25) is 0 Å². The van der Waals surface area contributed by atoms with Crippen molar-refractivity contribution in [3.63, 3.8) is 0 Å². The Kier molecular flexibility index (Phi) is 5.16. The maximum absolute atomic E-state index is 11.8. The van der Waals surface area contributed by atoms with Gasteiger partial charge in [0.1, 0.15) is 6.61 Å². The van der Waals surface area contributed by atoms with Crippen molar-refractivity contribution >= 4 is 23.2 Å². The van der Waals surface area contributed by atoms with Crippen LogP contribution < -0.4 is 16.0 Å². The summed E-state index contributed by atoms with van der Waals surface area (Å²) in [4.78, 5) is 25.3. The van der Waals surface area contributed by atoms with E-state index in [9.17, 15) is 9.59 Å². The molecule has 6 heteroatoms. The van der Waals surface area contributed by atoms with Crippen LogP contribution in [0, 0.1) is 0 Å². The summed E-state index contributed by atoms with van der Waals surface area (Å²) in [5.74, 6) is -0.764. The highest BCUT2D eigenvalue weighted by atomic mass is 16.5. The first kappa shape index (κ1) is 15.3. The molecule has 6 nitrogen and oxygen atoms in total. The Labute approximate surface area is 124 Å². The number of carbonyl (C=O) groups excluding carboxylic acids is 2. The van der Waals surface area contributed by atoms with Crippen LogP contribution in [0.1, 0.15) is 29.6 Å². The summed E-state index contributed by atoms with van der Waals surface area (Å²) in [6.07, 6.45) is 3.48. The summed E-state index contributed by atoms with van der Waals surface area (Å²) in [7, 11) is 1.46. The lowest BCUT2D eigenvalue weighted by molar-refractivity contribution is -0.119. The minimum atomic E-state index is -0.512. The van der Waals surface area contributed by atoms with E-state index in [1.54, 1.807) is 12.1 Å². The van der Waals surface area contributed by atoms with Crippen molar-refractivity contribution in [3.05, 3.63) is 23.8 Å². The average Bonchev–Trinajstić information content (AvgIpc) is 2.48. The fraction of sp³-hybridized carbons (Fsp3) is 0.467. The van der Waals surface area contributed by atoms with Gasteiger partial charge < -0.3 is 20.7 Å². The monoisotopic (exact) mass is 291 g/mol. The normalized spacial score (nSPS) is 14.8. The summed E-state index contributed by atoms with van der Waals surface area (Å²) in [5, 5.41) is 2.79. The van der Waals surface area contributed by atoms with E-state index >= 15 is 0 Å². The van der Waals surface area contributed by atoms with Crippen LogP contribution in [-0.4, -0.2) is 38.6 Å². The van der Waals surface area contributed by atoms with Crippen molar-refractivity contribution in [1.82, 2.24) is 0 Å². The molecule has 1 aliphatic rings. The Balaban J connectivity index is 2.28. The molecule has 1 heterocycles. The van der Waals surface area contributed by atoms with E-state index in [2.05, 4.69) is 10.2 Å². The van der Waals surface area contributed by atoms with Gasteiger partial charge >= 0.3 is 0 Å². The fourth-order valence-electron chi connectivity index (χ4n) is 2.52. The molecule has 2 amide bonds. The number of primary amides is 1. The lowest BCUT2D eigenvalue weighted by atomic mass is 10.1. The second-order valence-electron chi connectivity index (χ2n) is 5.13. The van der Waals surface area contributed by atoms with Gasteiger partial charge in [0, 0.05) is 25.8 Å². The topological polar surface area (TPSA) is 84.7 Å². The summed E-state index contributed by atoms with van der Waals surface area (Å²) in [6.45, 7) is 1.87. The molecule has 0 bridgehead atoms. The molecule has 1 aliphatic heterocycles. The van der Waals surface area contributed by atoms with E-state index in [0.717, 1.165) is 31.6 Å². The summed E-state index contributed by atoms with van der Waals surface area (Å²) in [6, 6.07) is 5.16. The number of nitrogens with two attached hydrogens (primary N) is 1. The van der Waals surface area contributed by atoms with Crippen molar-refractivity contribution in [1.29, 1.82) is 0 Å². The zero-order valence-corrected chi connectivity index (χ0v) is 12.2. The molecule has 0 radical (unpaired) electrons. The lowest BCUT2D eigenvalue weighted by Gasteiger charge is -2.30. The van der Waals surface area contributed by atoms with E-state index in [1.807, 2.05) is 6.07 Å². The molecule has 1 saturated heterocycles. The second-order valence-corrected chi connectivity index (χ2v) is 5.13. The van der Waals surface area contributed by atoms with Gasteiger partial charge in [0.2, 0.25) is 11.8 Å². The van der Waals surface area contributed by atoms with Crippen molar-refractivity contribution in [3.8, 4) is 0 Å². The number of methoxy groups -OCH3 is 1. The zero-order chi connectivity index (χ0) is 15.2. The fourth-order valence-corrected chi connectivity index (χ4v) is 2.52. The number of carbonyl (C=O) groups is 2. The number of nitrogens with zero attached hydrogens (tertiary/aromatic N) is 1. The first-order chi connectivity index (χ1) is 10.1. The van der Waals surface area contributed by atoms with Crippen LogP contribution in [0.25, 0.3) is 0 Å². The highest BCUT2D eigenvalue weighted by molar-refractivity contribution is 5.99. The van der Waals surface area contributed by atoms with Crippen molar-refractivity contribution in [2.24, 2.45) is 5.73 Å². The number of anilines is 2. The van der Waals surface area contributed by atoms with Crippen molar-refractivity contribution < 1.29 is 14.3 Å². The molecule has 114 valence electrons. The first-order valence-corrected chi connectivity index (χ1v) is 7.09. The Morgan fingerprint density at radius 2 is 2.00 bits per heavy atom. The summed E-state index contributed by atoms with van der Waals surface area (Å²) >= 11 is 0. The van der Waals surface area contributed by atoms with Crippen LogP contribution in [0.4, 0.5) is 11.4 Å². The van der Waals surface area contributed by atoms with Gasteiger partial charge in [-0.05, 0) is 37.5 Å². The highest BCUT2D eigenvalue weighted by Crippen LogP contribution is 2.29. The summed E-state index contributed by atoms with van der Waals surface area (Å²) < 4.78 is 4.82. The lowest BCUT2D eigenvalue weighted by Crippen LogP contribution is -2.31. The summed E-state index contributed by atoms with van der Waals surface area (Å²) in [5.41, 5.74) is 7.22. The van der Waals surface area contributed by atoms with Crippen molar-refractivity contribution in [2.45, 2.75) is 19.3 Å². The van der Waals surface area contributed by atoms with E-state index < -0.39 is 5.91 Å². The van der Waals surface area contributed by atoms with Crippen LogP contribution in [0.3, 0.4) is 0 Å². The predicted molar refractivity (Wildman–Crippen MR) is 81.5 cm³/mol. The molecule has 0 unspecified atom stereocenters. The van der Waals surface area contributed by atoms with Gasteiger partial charge in [0.05, 0.1) is 11.4 Å². The molecule has 3 N–H and O–H groups in total. The van der Waals surface area contributed by atoms with Gasteiger partial charge in [-0.1, -0.05) is 0 Å². The second kappa shape index (κ2) is 7.08. The molecular formula is C15H21N3O3. The molecule has 1 aromatic carbocycles. The first-order valence-electron chi connectivity index (χ1n) is 7.09. The van der Waals surface area contributed by atoms with E-state index in [-0.39, 0.29) is 12.5 Å². The van der Waals surface area contributed by atoms with Gasteiger partial charge in [0.25, 0.3) is 0 Å². The number of ether oxygens (including phenoxy) is 1. The molecule has 1 aromatic rings. The maximum atomic E-state index is 11.8. The van der Waals surface area contributed by atoms with Crippen LogP contribution in [-0.2, 0) is 9.53 Å². The average molecular weight is 291 g/mol. The van der Waals surface area contributed by atoms with E-state index in [1.165, 1.54) is 13.5 Å². The number of hydrogen-bond acceptors (Lipinski definition) is 4.